The molecule has 30 heavy (non-hydrogen) atoms. The largest absolute Gasteiger partial charge is 0.492 e. The van der Waals surface area contributed by atoms with E-state index in [0.717, 1.165) is 49.0 Å². The molecular weight excluding hydrogens is 495 g/mol. The number of hydrogen-bond acceptors (Lipinski definition) is 4. The zero-order valence-electron chi connectivity index (χ0n) is 18.1. The molecule has 1 aliphatic carbocycles. The van der Waals surface area contributed by atoms with Crippen molar-refractivity contribution >= 4 is 41.5 Å². The highest BCUT2D eigenvalue weighted by atomic mass is 127. The molecule has 7 nitrogen and oxygen atoms in total. The molecule has 0 radical (unpaired) electrons. The Hall–Kier alpha value is -1.55. The van der Waals surface area contributed by atoms with Gasteiger partial charge in [-0.25, -0.2) is 0 Å². The number of ether oxygens (including phenoxy) is 2. The number of rotatable bonds is 9. The SMILES string of the molecule is CN=C(NCCOc1ccc2c(c1)CCC(=O)N2)NCC1(CCOC)CCCC1.I. The molecule has 1 heterocycles. The second-order valence-electron chi connectivity index (χ2n) is 8.02. The van der Waals surface area contributed by atoms with Gasteiger partial charge in [0.05, 0.1) is 6.54 Å². The molecule has 3 N–H and O–H groups in total. The number of nitrogens with zero attached hydrogens (tertiary/aromatic N) is 1. The number of benzene rings is 1. The third-order valence-corrected chi connectivity index (χ3v) is 5.99. The minimum atomic E-state index is 0. The van der Waals surface area contributed by atoms with Crippen molar-refractivity contribution in [2.24, 2.45) is 10.4 Å². The molecule has 168 valence electrons. The van der Waals surface area contributed by atoms with Crippen molar-refractivity contribution in [1.29, 1.82) is 0 Å². The molecule has 1 amide bonds. The Kier molecular flexibility index (Phi) is 10.2. The van der Waals surface area contributed by atoms with Gasteiger partial charge >= 0.3 is 0 Å². The van der Waals surface area contributed by atoms with Gasteiger partial charge in [0.25, 0.3) is 0 Å². The summed E-state index contributed by atoms with van der Waals surface area (Å²) in [5.74, 6) is 1.72. The normalized spacial score (nSPS) is 17.5. The highest BCUT2D eigenvalue weighted by Crippen LogP contribution is 2.40. The Morgan fingerprint density at radius 3 is 2.73 bits per heavy atom. The lowest BCUT2D eigenvalue weighted by Gasteiger charge is -2.30. The average Bonchev–Trinajstić information content (AvgIpc) is 3.21. The van der Waals surface area contributed by atoms with Crippen molar-refractivity contribution in [3.63, 3.8) is 0 Å². The fourth-order valence-corrected chi connectivity index (χ4v) is 4.24. The van der Waals surface area contributed by atoms with E-state index >= 15 is 0 Å². The molecular formula is C22H35IN4O3. The minimum absolute atomic E-state index is 0. The van der Waals surface area contributed by atoms with Gasteiger partial charge < -0.3 is 25.4 Å². The maximum Gasteiger partial charge on any atom is 0.224 e. The Balaban J connectivity index is 0.00000320. The van der Waals surface area contributed by atoms with Gasteiger partial charge in [0.1, 0.15) is 12.4 Å². The number of carbonyl (C=O) groups is 1. The highest BCUT2D eigenvalue weighted by Gasteiger charge is 2.33. The molecule has 0 unspecified atom stereocenters. The van der Waals surface area contributed by atoms with Crippen molar-refractivity contribution in [3.05, 3.63) is 23.8 Å². The predicted molar refractivity (Wildman–Crippen MR) is 131 cm³/mol. The van der Waals surface area contributed by atoms with Crippen LogP contribution in [-0.2, 0) is 16.0 Å². The summed E-state index contributed by atoms with van der Waals surface area (Å²) >= 11 is 0. The number of anilines is 1. The van der Waals surface area contributed by atoms with E-state index < -0.39 is 0 Å². The van der Waals surface area contributed by atoms with Crippen LogP contribution in [0.25, 0.3) is 0 Å². The zero-order chi connectivity index (χ0) is 20.5. The summed E-state index contributed by atoms with van der Waals surface area (Å²) in [6, 6.07) is 5.83. The number of guanidine groups is 1. The van der Waals surface area contributed by atoms with E-state index in [4.69, 9.17) is 9.47 Å². The van der Waals surface area contributed by atoms with Crippen LogP contribution in [0.3, 0.4) is 0 Å². The summed E-state index contributed by atoms with van der Waals surface area (Å²) in [5, 5.41) is 9.71. The summed E-state index contributed by atoms with van der Waals surface area (Å²) in [6.07, 6.45) is 7.50. The first kappa shape index (κ1) is 24.7. The number of carbonyl (C=O) groups excluding carboxylic acids is 1. The third-order valence-electron chi connectivity index (χ3n) is 5.99. The third kappa shape index (κ3) is 7.01. The second-order valence-corrected chi connectivity index (χ2v) is 8.02. The number of aryl methyl sites for hydroxylation is 1. The molecule has 2 aliphatic rings. The number of nitrogens with one attached hydrogen (secondary N) is 3. The standard InChI is InChI=1S/C22H34N4O3.HI/c1-23-21(25-16-22(11-13-28-2)9-3-4-10-22)24-12-14-29-18-6-7-19-17(15-18)5-8-20(27)26-19;/h6-7,15H,3-5,8-14,16H2,1-2H3,(H,26,27)(H2,23,24,25);1H. The van der Waals surface area contributed by atoms with Crippen molar-refractivity contribution in [3.8, 4) is 5.75 Å². The maximum absolute atomic E-state index is 11.4. The van der Waals surface area contributed by atoms with Gasteiger partial charge in [0.15, 0.2) is 5.96 Å². The Bertz CT molecular complexity index is 720. The van der Waals surface area contributed by atoms with Crippen LogP contribution in [0.15, 0.2) is 23.2 Å². The Labute approximate surface area is 196 Å². The molecule has 0 aromatic heterocycles. The monoisotopic (exact) mass is 530 g/mol. The van der Waals surface area contributed by atoms with Crippen LogP contribution in [-0.4, -0.2) is 52.3 Å². The van der Waals surface area contributed by atoms with Crippen molar-refractivity contribution in [2.75, 3.05) is 45.8 Å². The molecule has 0 bridgehead atoms. The summed E-state index contributed by atoms with van der Waals surface area (Å²) in [7, 11) is 3.57. The number of amides is 1. The molecule has 1 aliphatic heterocycles. The lowest BCUT2D eigenvalue weighted by Crippen LogP contribution is -2.44. The van der Waals surface area contributed by atoms with E-state index in [9.17, 15) is 4.79 Å². The van der Waals surface area contributed by atoms with Gasteiger partial charge in [-0.05, 0) is 54.9 Å². The molecule has 1 aromatic rings. The number of methoxy groups -OCH3 is 1. The fraction of sp³-hybridized carbons (Fsp3) is 0.636. The molecule has 1 fully saturated rings. The molecule has 0 saturated heterocycles. The van der Waals surface area contributed by atoms with Gasteiger partial charge in [0.2, 0.25) is 5.91 Å². The number of hydrogen-bond donors (Lipinski definition) is 3. The van der Waals surface area contributed by atoms with Crippen LogP contribution in [0.5, 0.6) is 5.75 Å². The van der Waals surface area contributed by atoms with Gasteiger partial charge in [-0.1, -0.05) is 12.8 Å². The summed E-state index contributed by atoms with van der Waals surface area (Å²) < 4.78 is 11.2. The summed E-state index contributed by atoms with van der Waals surface area (Å²) in [4.78, 5) is 15.8. The van der Waals surface area contributed by atoms with Crippen LogP contribution < -0.4 is 20.7 Å². The van der Waals surface area contributed by atoms with E-state index in [1.54, 1.807) is 14.2 Å². The quantitative estimate of drug-likeness (QED) is 0.198. The lowest BCUT2D eigenvalue weighted by atomic mass is 9.83. The number of aliphatic imine (C=N–C) groups is 1. The van der Waals surface area contributed by atoms with E-state index in [1.807, 2.05) is 18.2 Å². The van der Waals surface area contributed by atoms with E-state index in [0.29, 0.717) is 25.0 Å². The first-order valence-corrected chi connectivity index (χ1v) is 10.6. The average molecular weight is 530 g/mol. The molecule has 1 aromatic carbocycles. The van der Waals surface area contributed by atoms with Crippen molar-refractivity contribution in [1.82, 2.24) is 10.6 Å². The van der Waals surface area contributed by atoms with Crippen molar-refractivity contribution < 1.29 is 14.3 Å². The molecule has 1 saturated carbocycles. The summed E-state index contributed by atoms with van der Waals surface area (Å²) in [6.45, 7) is 2.94. The highest BCUT2D eigenvalue weighted by molar-refractivity contribution is 14.0. The first-order valence-electron chi connectivity index (χ1n) is 10.6. The van der Waals surface area contributed by atoms with Gasteiger partial charge in [-0.2, -0.15) is 0 Å². The zero-order valence-corrected chi connectivity index (χ0v) is 20.4. The predicted octanol–water partition coefficient (Wildman–Crippen LogP) is 3.33. The molecule has 8 heteroatoms. The van der Waals surface area contributed by atoms with E-state index in [-0.39, 0.29) is 29.9 Å². The Morgan fingerprint density at radius 1 is 1.20 bits per heavy atom. The van der Waals surface area contributed by atoms with Gasteiger partial charge in [-0.3, -0.25) is 9.79 Å². The molecule has 3 rings (SSSR count). The lowest BCUT2D eigenvalue weighted by molar-refractivity contribution is -0.116. The molecule has 0 spiro atoms. The van der Waals surface area contributed by atoms with E-state index in [1.165, 1.54) is 25.7 Å². The second kappa shape index (κ2) is 12.3. The first-order chi connectivity index (χ1) is 14.1. The maximum atomic E-state index is 11.4. The number of halogens is 1. The Morgan fingerprint density at radius 2 is 2.00 bits per heavy atom. The fourth-order valence-electron chi connectivity index (χ4n) is 4.24. The van der Waals surface area contributed by atoms with Crippen LogP contribution in [0, 0.1) is 5.41 Å². The van der Waals surface area contributed by atoms with Crippen LogP contribution in [0.2, 0.25) is 0 Å². The van der Waals surface area contributed by atoms with Crippen LogP contribution in [0.1, 0.15) is 44.1 Å². The number of fused-ring (bicyclic) bond motifs is 1. The van der Waals surface area contributed by atoms with Crippen LogP contribution >= 0.6 is 24.0 Å². The smallest absolute Gasteiger partial charge is 0.224 e. The van der Waals surface area contributed by atoms with Crippen molar-refractivity contribution in [2.45, 2.75) is 44.9 Å². The molecule has 0 atom stereocenters. The summed E-state index contributed by atoms with van der Waals surface area (Å²) in [5.41, 5.74) is 2.35. The minimum Gasteiger partial charge on any atom is -0.492 e. The van der Waals surface area contributed by atoms with Gasteiger partial charge in [0, 0.05) is 39.4 Å². The van der Waals surface area contributed by atoms with Crippen LogP contribution in [0.4, 0.5) is 5.69 Å². The van der Waals surface area contributed by atoms with Gasteiger partial charge in [-0.15, -0.1) is 24.0 Å². The topological polar surface area (TPSA) is 84.0 Å². The van der Waals surface area contributed by atoms with E-state index in [2.05, 4.69) is 20.9 Å².